The van der Waals surface area contributed by atoms with E-state index in [1.54, 1.807) is 26.3 Å². The number of H-pyrrole nitrogens is 1. The molecule has 23 heavy (non-hydrogen) atoms. The highest BCUT2D eigenvalue weighted by molar-refractivity contribution is 14.0. The normalized spacial score (nSPS) is 11.3. The van der Waals surface area contributed by atoms with E-state index in [2.05, 4.69) is 20.6 Å². The fraction of sp³-hybridized carbons (Fsp3) is 0.438. The summed E-state index contributed by atoms with van der Waals surface area (Å²) in [4.78, 5) is 7.33. The van der Waals surface area contributed by atoms with Crippen LogP contribution in [0, 0.1) is 5.82 Å². The molecule has 0 unspecified atom stereocenters. The third-order valence-corrected chi connectivity index (χ3v) is 3.46. The van der Waals surface area contributed by atoms with Gasteiger partial charge < -0.3 is 20.4 Å². The van der Waals surface area contributed by atoms with Crippen molar-refractivity contribution in [3.63, 3.8) is 0 Å². The lowest BCUT2D eigenvalue weighted by Gasteiger charge is -2.11. The maximum absolute atomic E-state index is 13.3. The number of nitrogens with one attached hydrogen (secondary N) is 3. The van der Waals surface area contributed by atoms with Gasteiger partial charge in [0.15, 0.2) is 5.96 Å². The molecule has 0 aliphatic carbocycles. The van der Waals surface area contributed by atoms with Gasteiger partial charge in [0, 0.05) is 51.0 Å². The zero-order valence-corrected chi connectivity index (χ0v) is 15.8. The molecule has 3 N–H and O–H groups in total. The largest absolute Gasteiger partial charge is 0.385 e. The van der Waals surface area contributed by atoms with Crippen molar-refractivity contribution in [3.8, 4) is 0 Å². The number of guanidine groups is 1. The van der Waals surface area contributed by atoms with Crippen molar-refractivity contribution in [2.45, 2.75) is 12.8 Å². The summed E-state index contributed by atoms with van der Waals surface area (Å²) in [5.41, 5.74) is 2.05. The van der Waals surface area contributed by atoms with Gasteiger partial charge >= 0.3 is 0 Å². The van der Waals surface area contributed by atoms with E-state index in [0.717, 1.165) is 55.0 Å². The number of aliphatic imine (C=N–C) groups is 1. The SMILES string of the molecule is CN=C(NCCCOC)NCCc1c[nH]c2ccc(F)cc12.I. The molecule has 1 aromatic carbocycles. The zero-order chi connectivity index (χ0) is 15.8. The van der Waals surface area contributed by atoms with Gasteiger partial charge in [-0.1, -0.05) is 0 Å². The van der Waals surface area contributed by atoms with Crippen LogP contribution in [-0.2, 0) is 11.2 Å². The summed E-state index contributed by atoms with van der Waals surface area (Å²) in [5, 5.41) is 7.41. The van der Waals surface area contributed by atoms with Crippen LogP contribution in [0.1, 0.15) is 12.0 Å². The Bertz CT molecular complexity index is 630. The Morgan fingerprint density at radius 1 is 1.30 bits per heavy atom. The molecule has 0 saturated carbocycles. The Morgan fingerprint density at radius 3 is 2.83 bits per heavy atom. The maximum atomic E-state index is 13.3. The van der Waals surface area contributed by atoms with Crippen molar-refractivity contribution in [2.75, 3.05) is 33.9 Å². The number of fused-ring (bicyclic) bond motifs is 1. The molecule has 1 aromatic heterocycles. The summed E-state index contributed by atoms with van der Waals surface area (Å²) < 4.78 is 18.3. The minimum atomic E-state index is -0.211. The van der Waals surface area contributed by atoms with Crippen LogP contribution >= 0.6 is 24.0 Å². The number of benzene rings is 1. The van der Waals surface area contributed by atoms with Crippen LogP contribution in [0.4, 0.5) is 4.39 Å². The van der Waals surface area contributed by atoms with Crippen LogP contribution < -0.4 is 10.6 Å². The average molecular weight is 434 g/mol. The smallest absolute Gasteiger partial charge is 0.190 e. The first-order valence-electron chi connectivity index (χ1n) is 7.43. The van der Waals surface area contributed by atoms with Crippen molar-refractivity contribution < 1.29 is 9.13 Å². The number of hydrogen-bond donors (Lipinski definition) is 3. The van der Waals surface area contributed by atoms with Gasteiger partial charge in [-0.3, -0.25) is 4.99 Å². The maximum Gasteiger partial charge on any atom is 0.190 e. The summed E-state index contributed by atoms with van der Waals surface area (Å²) >= 11 is 0. The highest BCUT2D eigenvalue weighted by atomic mass is 127. The molecule has 0 saturated heterocycles. The molecule has 2 aromatic rings. The number of nitrogens with zero attached hydrogens (tertiary/aromatic N) is 1. The van der Waals surface area contributed by atoms with Crippen molar-refractivity contribution >= 4 is 40.8 Å². The minimum absolute atomic E-state index is 0. The molecule has 2 rings (SSSR count). The van der Waals surface area contributed by atoms with Gasteiger partial charge in [0.05, 0.1) is 0 Å². The van der Waals surface area contributed by atoms with Crippen LogP contribution in [0.5, 0.6) is 0 Å². The van der Waals surface area contributed by atoms with Crippen molar-refractivity contribution in [1.82, 2.24) is 15.6 Å². The average Bonchev–Trinajstić information content (AvgIpc) is 2.92. The van der Waals surface area contributed by atoms with Crippen molar-refractivity contribution in [2.24, 2.45) is 4.99 Å². The molecule has 0 spiro atoms. The predicted octanol–water partition coefficient (Wildman–Crippen LogP) is 2.67. The van der Waals surface area contributed by atoms with E-state index in [0.29, 0.717) is 0 Å². The monoisotopic (exact) mass is 434 g/mol. The molecule has 0 aliphatic rings. The summed E-state index contributed by atoms with van der Waals surface area (Å²) in [7, 11) is 3.43. The van der Waals surface area contributed by atoms with Gasteiger partial charge in [-0.2, -0.15) is 0 Å². The van der Waals surface area contributed by atoms with Gasteiger partial charge in [0.2, 0.25) is 0 Å². The van der Waals surface area contributed by atoms with E-state index in [-0.39, 0.29) is 29.8 Å². The number of aromatic amines is 1. The fourth-order valence-corrected chi connectivity index (χ4v) is 2.32. The van der Waals surface area contributed by atoms with Crippen LogP contribution in [0.2, 0.25) is 0 Å². The minimum Gasteiger partial charge on any atom is -0.385 e. The quantitative estimate of drug-likeness (QED) is 0.272. The van der Waals surface area contributed by atoms with E-state index in [9.17, 15) is 4.39 Å². The Morgan fingerprint density at radius 2 is 2.09 bits per heavy atom. The molecule has 5 nitrogen and oxygen atoms in total. The number of rotatable bonds is 7. The third kappa shape index (κ3) is 5.98. The van der Waals surface area contributed by atoms with E-state index < -0.39 is 0 Å². The van der Waals surface area contributed by atoms with Crippen molar-refractivity contribution in [1.29, 1.82) is 0 Å². The predicted molar refractivity (Wildman–Crippen MR) is 103 cm³/mol. The zero-order valence-electron chi connectivity index (χ0n) is 13.5. The Hall–Kier alpha value is -1.35. The van der Waals surface area contributed by atoms with E-state index in [4.69, 9.17) is 4.74 Å². The third-order valence-electron chi connectivity index (χ3n) is 3.46. The van der Waals surface area contributed by atoms with Gasteiger partial charge in [-0.05, 0) is 36.6 Å². The van der Waals surface area contributed by atoms with Crippen LogP contribution in [0.15, 0.2) is 29.4 Å². The molecule has 0 aliphatic heterocycles. The Kier molecular flexibility index (Phi) is 8.93. The van der Waals surface area contributed by atoms with Crippen molar-refractivity contribution in [3.05, 3.63) is 35.8 Å². The highest BCUT2D eigenvalue weighted by Gasteiger charge is 2.05. The van der Waals surface area contributed by atoms with E-state index >= 15 is 0 Å². The molecule has 1 heterocycles. The van der Waals surface area contributed by atoms with Gasteiger partial charge in [0.25, 0.3) is 0 Å². The molecular formula is C16H24FIN4O. The van der Waals surface area contributed by atoms with Crippen LogP contribution in [-0.4, -0.2) is 44.8 Å². The van der Waals surface area contributed by atoms with E-state index in [1.807, 2.05) is 6.20 Å². The lowest BCUT2D eigenvalue weighted by atomic mass is 10.1. The summed E-state index contributed by atoms with van der Waals surface area (Å²) in [5.74, 6) is 0.555. The van der Waals surface area contributed by atoms with E-state index in [1.165, 1.54) is 6.07 Å². The molecule has 0 fully saturated rings. The van der Waals surface area contributed by atoms with Crippen LogP contribution in [0.25, 0.3) is 10.9 Å². The number of hydrogen-bond acceptors (Lipinski definition) is 2. The van der Waals surface area contributed by atoms with Gasteiger partial charge in [0.1, 0.15) is 5.82 Å². The second-order valence-corrected chi connectivity index (χ2v) is 5.03. The van der Waals surface area contributed by atoms with Gasteiger partial charge in [-0.25, -0.2) is 4.39 Å². The summed E-state index contributed by atoms with van der Waals surface area (Å²) in [6, 6.07) is 4.80. The molecular weight excluding hydrogens is 410 g/mol. The standard InChI is InChI=1S/C16H23FN4O.HI/c1-18-16(19-7-3-9-22-2)20-8-6-12-11-21-15-5-4-13(17)10-14(12)15;/h4-5,10-11,21H,3,6-9H2,1-2H3,(H2,18,19,20);1H. The van der Waals surface area contributed by atoms with Crippen LogP contribution in [0.3, 0.4) is 0 Å². The Labute approximate surface area is 153 Å². The van der Waals surface area contributed by atoms with Gasteiger partial charge in [-0.15, -0.1) is 24.0 Å². The molecule has 0 amide bonds. The highest BCUT2D eigenvalue weighted by Crippen LogP contribution is 2.19. The second-order valence-electron chi connectivity index (χ2n) is 5.03. The Balaban J connectivity index is 0.00000264. The lowest BCUT2D eigenvalue weighted by molar-refractivity contribution is 0.195. The first kappa shape index (κ1) is 19.7. The first-order valence-corrected chi connectivity index (χ1v) is 7.43. The summed E-state index contributed by atoms with van der Waals surface area (Å²) in [6.45, 7) is 2.27. The first-order chi connectivity index (χ1) is 10.7. The summed E-state index contributed by atoms with van der Waals surface area (Å²) in [6.07, 6.45) is 3.65. The number of methoxy groups -OCH3 is 1. The number of ether oxygens (including phenoxy) is 1. The molecule has 0 radical (unpaired) electrons. The lowest BCUT2D eigenvalue weighted by Crippen LogP contribution is -2.38. The molecule has 0 bridgehead atoms. The topological polar surface area (TPSA) is 61.4 Å². The fourth-order valence-electron chi connectivity index (χ4n) is 2.32. The molecule has 7 heteroatoms. The molecule has 0 atom stereocenters. The number of halogens is 2. The molecule has 128 valence electrons. The number of aromatic nitrogens is 1. The second kappa shape index (κ2) is 10.4.